The molecule has 0 heterocycles. The first-order chi connectivity index (χ1) is 8.38. The minimum absolute atomic E-state index is 0.0264. The second-order valence-corrected chi connectivity index (χ2v) is 4.07. The van der Waals surface area contributed by atoms with Gasteiger partial charge in [-0.25, -0.2) is 0 Å². The highest BCUT2D eigenvalue weighted by atomic mass is 19.4. The van der Waals surface area contributed by atoms with E-state index in [2.05, 4.69) is 0 Å². The van der Waals surface area contributed by atoms with E-state index in [9.17, 15) is 18.0 Å². The topological polar surface area (TPSA) is 26.3 Å². The number of carbonyl (C=O) groups excluding carboxylic acids is 1. The summed E-state index contributed by atoms with van der Waals surface area (Å²) >= 11 is 0. The smallest absolute Gasteiger partial charge is 0.416 e. The van der Waals surface area contributed by atoms with E-state index in [1.54, 1.807) is 13.2 Å². The number of hydrogen-bond donors (Lipinski definition) is 0. The average molecular weight is 259 g/mol. The quantitative estimate of drug-likeness (QED) is 0.807. The fourth-order valence-electron chi connectivity index (χ4n) is 1.36. The summed E-state index contributed by atoms with van der Waals surface area (Å²) in [7, 11) is 0. The van der Waals surface area contributed by atoms with E-state index >= 15 is 0 Å². The van der Waals surface area contributed by atoms with Gasteiger partial charge in [-0.2, -0.15) is 13.2 Å². The molecule has 0 saturated carbocycles. The van der Waals surface area contributed by atoms with Crippen molar-refractivity contribution in [3.05, 3.63) is 29.8 Å². The van der Waals surface area contributed by atoms with E-state index in [1.165, 1.54) is 12.1 Å². The molecule has 0 N–H and O–H groups in total. The Bertz CT molecular complexity index is 401. The minimum atomic E-state index is -4.42. The zero-order valence-electron chi connectivity index (χ0n) is 10.1. The van der Waals surface area contributed by atoms with Crippen molar-refractivity contribution in [1.82, 2.24) is 0 Å². The summed E-state index contributed by atoms with van der Waals surface area (Å²) < 4.78 is 42.7. The Hall–Kier alpha value is -1.52. The number of alkyl halides is 3. The van der Waals surface area contributed by atoms with Gasteiger partial charge in [0.05, 0.1) is 5.56 Å². The van der Waals surface area contributed by atoms with Gasteiger partial charge in [0.1, 0.15) is 5.75 Å². The molecular formula is C13H14F3O2. The second-order valence-electron chi connectivity index (χ2n) is 4.07. The van der Waals surface area contributed by atoms with Gasteiger partial charge in [0.15, 0.2) is 6.10 Å². The van der Waals surface area contributed by atoms with Crippen LogP contribution in [0.3, 0.4) is 0 Å². The Morgan fingerprint density at radius 3 is 2.56 bits per heavy atom. The van der Waals surface area contributed by atoms with Crippen LogP contribution < -0.4 is 4.74 Å². The van der Waals surface area contributed by atoms with E-state index < -0.39 is 17.8 Å². The molecule has 0 aromatic heterocycles. The van der Waals surface area contributed by atoms with Gasteiger partial charge < -0.3 is 4.74 Å². The monoisotopic (exact) mass is 259 g/mol. The van der Waals surface area contributed by atoms with Crippen LogP contribution in [-0.4, -0.2) is 12.4 Å². The molecule has 0 saturated heterocycles. The summed E-state index contributed by atoms with van der Waals surface area (Å²) in [6.45, 7) is 3.65. The molecule has 0 aliphatic rings. The number of rotatable bonds is 5. The van der Waals surface area contributed by atoms with Crippen LogP contribution >= 0.6 is 0 Å². The van der Waals surface area contributed by atoms with Crippen LogP contribution in [0.5, 0.6) is 5.75 Å². The number of ether oxygens (including phenoxy) is 1. The van der Waals surface area contributed by atoms with Gasteiger partial charge in [-0.15, -0.1) is 0 Å². The summed E-state index contributed by atoms with van der Waals surface area (Å²) in [5.41, 5.74) is -0.797. The molecule has 1 radical (unpaired) electrons. The zero-order valence-corrected chi connectivity index (χ0v) is 10.1. The van der Waals surface area contributed by atoms with Crippen LogP contribution in [0.4, 0.5) is 13.2 Å². The van der Waals surface area contributed by atoms with Crippen LogP contribution in [0.2, 0.25) is 0 Å². The van der Waals surface area contributed by atoms with E-state index in [4.69, 9.17) is 4.74 Å². The predicted molar refractivity (Wildman–Crippen MR) is 61.0 cm³/mol. The van der Waals surface area contributed by atoms with Gasteiger partial charge >= 0.3 is 6.18 Å². The van der Waals surface area contributed by atoms with Crippen molar-refractivity contribution in [3.63, 3.8) is 0 Å². The summed E-state index contributed by atoms with van der Waals surface area (Å²) in [4.78, 5) is 10.7. The highest BCUT2D eigenvalue weighted by molar-refractivity contribution is 5.58. The molecule has 2 atom stereocenters. The van der Waals surface area contributed by atoms with Gasteiger partial charge in [0.25, 0.3) is 0 Å². The Kier molecular flexibility index (Phi) is 4.76. The first-order valence-corrected chi connectivity index (χ1v) is 5.60. The van der Waals surface area contributed by atoms with Crippen LogP contribution in [0.15, 0.2) is 24.3 Å². The Labute approximate surface area is 104 Å². The first kappa shape index (κ1) is 14.5. The third-order valence-electron chi connectivity index (χ3n) is 2.70. The number of hydrogen-bond acceptors (Lipinski definition) is 2. The fourth-order valence-corrected chi connectivity index (χ4v) is 1.36. The van der Waals surface area contributed by atoms with E-state index in [0.717, 1.165) is 12.1 Å². The lowest BCUT2D eigenvalue weighted by Gasteiger charge is -2.19. The number of benzene rings is 1. The van der Waals surface area contributed by atoms with E-state index in [-0.39, 0.29) is 11.7 Å². The number of halogens is 3. The van der Waals surface area contributed by atoms with E-state index in [0.29, 0.717) is 6.42 Å². The molecule has 0 fully saturated rings. The van der Waals surface area contributed by atoms with Crippen molar-refractivity contribution < 1.29 is 22.7 Å². The highest BCUT2D eigenvalue weighted by Crippen LogP contribution is 2.31. The molecule has 0 aliphatic heterocycles. The predicted octanol–water partition coefficient (Wildman–Crippen LogP) is 3.61. The Balaban J connectivity index is 2.87. The van der Waals surface area contributed by atoms with Gasteiger partial charge in [0.2, 0.25) is 6.29 Å². The molecule has 2 nitrogen and oxygen atoms in total. The molecule has 0 aliphatic carbocycles. The summed E-state index contributed by atoms with van der Waals surface area (Å²) in [5, 5.41) is 0. The molecule has 5 heteroatoms. The van der Waals surface area contributed by atoms with Crippen molar-refractivity contribution in [3.8, 4) is 5.75 Å². The van der Waals surface area contributed by atoms with E-state index in [1.807, 2.05) is 6.92 Å². The lowest BCUT2D eigenvalue weighted by molar-refractivity contribution is -0.137. The largest absolute Gasteiger partial charge is 0.482 e. The third-order valence-corrected chi connectivity index (χ3v) is 2.70. The van der Waals surface area contributed by atoms with Crippen LogP contribution in [0.1, 0.15) is 25.8 Å². The molecule has 0 spiro atoms. The normalized spacial score (nSPS) is 14.9. The highest BCUT2D eigenvalue weighted by Gasteiger charge is 2.31. The molecule has 99 valence electrons. The Morgan fingerprint density at radius 1 is 1.39 bits per heavy atom. The van der Waals surface area contributed by atoms with Crippen LogP contribution in [0, 0.1) is 5.92 Å². The van der Waals surface area contributed by atoms with Crippen molar-refractivity contribution >= 4 is 6.29 Å². The fraction of sp³-hybridized carbons (Fsp3) is 0.462. The molecule has 18 heavy (non-hydrogen) atoms. The molecule has 0 bridgehead atoms. The van der Waals surface area contributed by atoms with Gasteiger partial charge in [-0.3, -0.25) is 4.79 Å². The molecule has 1 aromatic carbocycles. The maximum Gasteiger partial charge on any atom is 0.416 e. The van der Waals surface area contributed by atoms with Gasteiger partial charge in [0, 0.05) is 5.92 Å². The molecule has 1 aromatic rings. The molecule has 1 rings (SSSR count). The molecular weight excluding hydrogens is 245 g/mol. The minimum Gasteiger partial charge on any atom is -0.482 e. The van der Waals surface area contributed by atoms with Gasteiger partial charge in [-0.05, 0) is 24.6 Å². The lowest BCUT2D eigenvalue weighted by Crippen LogP contribution is -2.26. The zero-order chi connectivity index (χ0) is 13.8. The van der Waals surface area contributed by atoms with Crippen LogP contribution in [0.25, 0.3) is 0 Å². The van der Waals surface area contributed by atoms with Crippen molar-refractivity contribution in [2.24, 2.45) is 5.92 Å². The SMILES string of the molecule is CCC(C)C([C]=O)Oc1cccc(C(F)(F)F)c1. The summed E-state index contributed by atoms with van der Waals surface area (Å²) in [6.07, 6.45) is -2.88. The van der Waals surface area contributed by atoms with Crippen molar-refractivity contribution in [1.29, 1.82) is 0 Å². The lowest BCUT2D eigenvalue weighted by atomic mass is 10.0. The summed E-state index contributed by atoms with van der Waals surface area (Å²) in [6, 6.07) is 4.47. The standard InChI is InChI=1S/C13H14F3O2/c1-3-9(2)12(8-17)18-11-6-4-5-10(7-11)13(14,15)16/h4-7,9,12H,3H2,1-2H3. The third kappa shape index (κ3) is 3.75. The molecule has 2 unspecified atom stereocenters. The maximum atomic E-state index is 12.5. The van der Waals surface area contributed by atoms with Crippen molar-refractivity contribution in [2.75, 3.05) is 0 Å². The maximum absolute atomic E-state index is 12.5. The molecule has 0 amide bonds. The summed E-state index contributed by atoms with van der Waals surface area (Å²) in [5.74, 6) is -0.0736. The first-order valence-electron chi connectivity index (χ1n) is 5.60. The van der Waals surface area contributed by atoms with Gasteiger partial charge in [-0.1, -0.05) is 19.9 Å². The Morgan fingerprint density at radius 2 is 2.06 bits per heavy atom. The average Bonchev–Trinajstić information content (AvgIpc) is 2.34. The van der Waals surface area contributed by atoms with Crippen LogP contribution in [-0.2, 0) is 11.0 Å². The second kappa shape index (κ2) is 5.89. The van der Waals surface area contributed by atoms with Crippen molar-refractivity contribution in [2.45, 2.75) is 32.5 Å².